The molecule has 126 valence electrons. The Bertz CT molecular complexity index is 970. The summed E-state index contributed by atoms with van der Waals surface area (Å²) in [7, 11) is -3.65. The summed E-state index contributed by atoms with van der Waals surface area (Å²) < 4.78 is 27.4. The van der Waals surface area contributed by atoms with Crippen LogP contribution in [-0.2, 0) is 16.4 Å². The lowest BCUT2D eigenvalue weighted by Gasteiger charge is -2.08. The number of hydrogen-bond acceptors (Lipinski definition) is 3. The Morgan fingerprint density at radius 1 is 1.00 bits per heavy atom. The summed E-state index contributed by atoms with van der Waals surface area (Å²) in [5, 5.41) is 10.0. The molecule has 0 bridgehead atoms. The molecule has 3 rings (SSSR count). The fourth-order valence-electron chi connectivity index (χ4n) is 2.87. The van der Waals surface area contributed by atoms with Crippen LogP contribution >= 0.6 is 0 Å². The zero-order chi connectivity index (χ0) is 17.3. The number of aliphatic hydroxyl groups is 1. The molecule has 0 saturated heterocycles. The number of benzene rings is 2. The fourth-order valence-corrected chi connectivity index (χ4v) is 4.26. The third kappa shape index (κ3) is 2.97. The highest BCUT2D eigenvalue weighted by Crippen LogP contribution is 2.28. The predicted molar refractivity (Wildman–Crippen MR) is 95.8 cm³/mol. The van der Waals surface area contributed by atoms with Gasteiger partial charge in [-0.05, 0) is 56.5 Å². The van der Waals surface area contributed by atoms with Crippen LogP contribution in [0.3, 0.4) is 0 Å². The molecule has 0 amide bonds. The van der Waals surface area contributed by atoms with Crippen LogP contribution in [0.5, 0.6) is 0 Å². The van der Waals surface area contributed by atoms with Gasteiger partial charge in [0.25, 0.3) is 10.0 Å². The predicted octanol–water partition coefficient (Wildman–Crippen LogP) is 3.42. The molecule has 1 heterocycles. The Hall–Kier alpha value is -2.11. The van der Waals surface area contributed by atoms with Crippen molar-refractivity contribution in [1.82, 2.24) is 3.97 Å². The first-order valence-electron chi connectivity index (χ1n) is 7.97. The topological polar surface area (TPSA) is 59.3 Å². The van der Waals surface area contributed by atoms with Crippen LogP contribution in [0.1, 0.15) is 23.1 Å². The van der Waals surface area contributed by atoms with E-state index in [0.717, 1.165) is 22.1 Å². The van der Waals surface area contributed by atoms with Crippen LogP contribution < -0.4 is 0 Å². The van der Waals surface area contributed by atoms with Gasteiger partial charge in [-0.3, -0.25) is 0 Å². The normalized spacial score (nSPS) is 12.0. The summed E-state index contributed by atoms with van der Waals surface area (Å²) in [5.41, 5.74) is 3.72. The SMILES string of the molecule is Cc1ccc(S(=O)(=O)n2cc(CCCO)c3cc(C)ccc32)cc1. The Kier molecular flexibility index (Phi) is 4.47. The smallest absolute Gasteiger partial charge is 0.268 e. The maximum atomic E-state index is 13.0. The standard InChI is InChI=1S/C19H21NO3S/c1-14-5-8-17(9-6-14)24(22,23)20-13-16(4-3-11-21)18-12-15(2)7-10-19(18)20/h5-10,12-13,21H,3-4,11H2,1-2H3. The van der Waals surface area contributed by atoms with Crippen molar-refractivity contribution in [3.8, 4) is 0 Å². The summed E-state index contributed by atoms with van der Waals surface area (Å²) in [6.07, 6.45) is 2.94. The molecule has 0 fully saturated rings. The molecule has 0 unspecified atom stereocenters. The minimum absolute atomic E-state index is 0.0865. The number of fused-ring (bicyclic) bond motifs is 1. The van der Waals surface area contributed by atoms with Crippen LogP contribution in [0, 0.1) is 13.8 Å². The van der Waals surface area contributed by atoms with Crippen molar-refractivity contribution in [2.45, 2.75) is 31.6 Å². The van der Waals surface area contributed by atoms with E-state index >= 15 is 0 Å². The van der Waals surface area contributed by atoms with Crippen molar-refractivity contribution < 1.29 is 13.5 Å². The summed E-state index contributed by atoms with van der Waals surface area (Å²) >= 11 is 0. The third-order valence-corrected chi connectivity index (χ3v) is 5.88. The van der Waals surface area contributed by atoms with Gasteiger partial charge in [-0.25, -0.2) is 12.4 Å². The Labute approximate surface area is 142 Å². The van der Waals surface area contributed by atoms with Crippen molar-refractivity contribution in [2.75, 3.05) is 6.61 Å². The highest BCUT2D eigenvalue weighted by molar-refractivity contribution is 7.90. The van der Waals surface area contributed by atoms with Gasteiger partial charge in [0.1, 0.15) is 0 Å². The highest BCUT2D eigenvalue weighted by Gasteiger charge is 2.21. The number of aliphatic hydroxyl groups excluding tert-OH is 1. The molecule has 0 radical (unpaired) electrons. The molecule has 0 spiro atoms. The molecule has 0 atom stereocenters. The zero-order valence-electron chi connectivity index (χ0n) is 13.9. The average Bonchev–Trinajstić information content (AvgIpc) is 2.92. The molecule has 24 heavy (non-hydrogen) atoms. The van der Waals surface area contributed by atoms with E-state index in [4.69, 9.17) is 5.11 Å². The first-order chi connectivity index (χ1) is 11.4. The van der Waals surface area contributed by atoms with E-state index in [1.54, 1.807) is 30.5 Å². The van der Waals surface area contributed by atoms with Gasteiger partial charge < -0.3 is 5.11 Å². The Morgan fingerprint density at radius 2 is 1.67 bits per heavy atom. The minimum atomic E-state index is -3.65. The van der Waals surface area contributed by atoms with E-state index in [0.29, 0.717) is 18.4 Å². The second-order valence-electron chi connectivity index (χ2n) is 6.12. The second kappa shape index (κ2) is 6.42. The van der Waals surface area contributed by atoms with Crippen LogP contribution in [-0.4, -0.2) is 24.1 Å². The molecular weight excluding hydrogens is 322 g/mol. The Balaban J connectivity index is 2.20. The van der Waals surface area contributed by atoms with Crippen LogP contribution in [0.2, 0.25) is 0 Å². The van der Waals surface area contributed by atoms with Gasteiger partial charge in [0.05, 0.1) is 10.4 Å². The molecule has 0 saturated carbocycles. The maximum absolute atomic E-state index is 13.0. The van der Waals surface area contributed by atoms with E-state index in [-0.39, 0.29) is 11.5 Å². The highest BCUT2D eigenvalue weighted by atomic mass is 32.2. The summed E-state index contributed by atoms with van der Waals surface area (Å²) in [5.74, 6) is 0. The van der Waals surface area contributed by atoms with E-state index in [1.807, 2.05) is 32.0 Å². The summed E-state index contributed by atoms with van der Waals surface area (Å²) in [6, 6.07) is 12.6. The molecule has 4 nitrogen and oxygen atoms in total. The summed E-state index contributed by atoms with van der Waals surface area (Å²) in [4.78, 5) is 0.277. The van der Waals surface area contributed by atoms with Crippen molar-refractivity contribution in [1.29, 1.82) is 0 Å². The third-order valence-electron chi connectivity index (χ3n) is 4.19. The molecule has 1 N–H and O–H groups in total. The van der Waals surface area contributed by atoms with Crippen molar-refractivity contribution in [2.24, 2.45) is 0 Å². The average molecular weight is 343 g/mol. The number of hydrogen-bond donors (Lipinski definition) is 1. The molecule has 2 aromatic carbocycles. The molecule has 5 heteroatoms. The zero-order valence-corrected chi connectivity index (χ0v) is 14.7. The lowest BCUT2D eigenvalue weighted by molar-refractivity contribution is 0.289. The number of aromatic nitrogens is 1. The molecule has 3 aromatic rings. The van der Waals surface area contributed by atoms with Gasteiger partial charge in [-0.15, -0.1) is 0 Å². The van der Waals surface area contributed by atoms with Gasteiger partial charge in [0.2, 0.25) is 0 Å². The first kappa shape index (κ1) is 16.7. The van der Waals surface area contributed by atoms with E-state index in [1.165, 1.54) is 3.97 Å². The van der Waals surface area contributed by atoms with Gasteiger partial charge in [-0.1, -0.05) is 29.3 Å². The Morgan fingerprint density at radius 3 is 2.33 bits per heavy atom. The number of nitrogens with zero attached hydrogens (tertiary/aromatic N) is 1. The molecular formula is C19H21NO3S. The van der Waals surface area contributed by atoms with E-state index in [2.05, 4.69) is 0 Å². The van der Waals surface area contributed by atoms with Crippen molar-refractivity contribution in [3.05, 3.63) is 65.4 Å². The van der Waals surface area contributed by atoms with Gasteiger partial charge in [-0.2, -0.15) is 0 Å². The number of aryl methyl sites for hydroxylation is 3. The second-order valence-corrected chi connectivity index (χ2v) is 7.93. The van der Waals surface area contributed by atoms with Gasteiger partial charge in [0.15, 0.2) is 0 Å². The van der Waals surface area contributed by atoms with E-state index in [9.17, 15) is 8.42 Å². The lowest BCUT2D eigenvalue weighted by Crippen LogP contribution is -2.11. The molecule has 1 aromatic heterocycles. The van der Waals surface area contributed by atoms with Crippen molar-refractivity contribution in [3.63, 3.8) is 0 Å². The lowest BCUT2D eigenvalue weighted by atomic mass is 10.1. The maximum Gasteiger partial charge on any atom is 0.268 e. The van der Waals surface area contributed by atoms with Crippen LogP contribution in [0.4, 0.5) is 0 Å². The molecule has 0 aliphatic heterocycles. The molecule has 0 aliphatic rings. The largest absolute Gasteiger partial charge is 0.396 e. The minimum Gasteiger partial charge on any atom is -0.396 e. The monoisotopic (exact) mass is 343 g/mol. The van der Waals surface area contributed by atoms with Crippen LogP contribution in [0.15, 0.2) is 53.6 Å². The van der Waals surface area contributed by atoms with Gasteiger partial charge >= 0.3 is 0 Å². The van der Waals surface area contributed by atoms with Crippen molar-refractivity contribution >= 4 is 20.9 Å². The number of rotatable bonds is 5. The van der Waals surface area contributed by atoms with E-state index < -0.39 is 10.0 Å². The fraction of sp³-hybridized carbons (Fsp3) is 0.263. The van der Waals surface area contributed by atoms with Gasteiger partial charge in [0, 0.05) is 18.2 Å². The molecule has 0 aliphatic carbocycles. The summed E-state index contributed by atoms with van der Waals surface area (Å²) in [6.45, 7) is 4.00. The first-order valence-corrected chi connectivity index (χ1v) is 9.41. The quantitative estimate of drug-likeness (QED) is 0.772. The van der Waals surface area contributed by atoms with Crippen LogP contribution in [0.25, 0.3) is 10.9 Å².